The van der Waals surface area contributed by atoms with Crippen molar-refractivity contribution in [1.82, 2.24) is 5.32 Å². The van der Waals surface area contributed by atoms with E-state index in [1.165, 1.54) is 0 Å². The van der Waals surface area contributed by atoms with Crippen LogP contribution >= 0.6 is 11.6 Å². The molecular weight excluding hydrogens is 262 g/mol. The zero-order valence-corrected chi connectivity index (χ0v) is 13.4. The highest BCUT2D eigenvalue weighted by molar-refractivity contribution is 6.18. The average molecular weight is 290 g/mol. The summed E-state index contributed by atoms with van der Waals surface area (Å²) in [6.07, 6.45) is 4.29. The Morgan fingerprint density at radius 3 is 2.32 bits per heavy atom. The van der Waals surface area contributed by atoms with E-state index in [0.29, 0.717) is 17.9 Å². The number of carbonyl (C=O) groups excluding carboxylic acids is 1. The Hall–Kier alpha value is -0.280. The van der Waals surface area contributed by atoms with Crippen LogP contribution in [-0.4, -0.2) is 31.5 Å². The minimum Gasteiger partial charge on any atom is -0.383 e. The molecule has 4 heteroatoms. The largest absolute Gasteiger partial charge is 0.383 e. The molecule has 112 valence electrons. The normalized spacial score (nSPS) is 25.9. The van der Waals surface area contributed by atoms with Crippen LogP contribution < -0.4 is 5.32 Å². The molecule has 0 aliphatic heterocycles. The third kappa shape index (κ3) is 5.31. The van der Waals surface area contributed by atoms with E-state index in [1.807, 2.05) is 0 Å². The Bertz CT molecular complexity index is 280. The molecule has 19 heavy (non-hydrogen) atoms. The minimum atomic E-state index is -0.0699. The highest BCUT2D eigenvalue weighted by Crippen LogP contribution is 2.39. The molecule has 1 saturated carbocycles. The lowest BCUT2D eigenvalue weighted by molar-refractivity contribution is -0.127. The van der Waals surface area contributed by atoms with Crippen molar-refractivity contribution in [3.63, 3.8) is 0 Å². The lowest BCUT2D eigenvalue weighted by Gasteiger charge is -2.36. The zero-order chi connectivity index (χ0) is 14.5. The summed E-state index contributed by atoms with van der Waals surface area (Å²) in [5.41, 5.74) is 0.357. The fourth-order valence-corrected chi connectivity index (χ4v) is 3.03. The van der Waals surface area contributed by atoms with Crippen molar-refractivity contribution in [3.05, 3.63) is 0 Å². The summed E-state index contributed by atoms with van der Waals surface area (Å²) in [6.45, 7) is 7.35. The fraction of sp³-hybridized carbons (Fsp3) is 0.933. The number of amides is 1. The Morgan fingerprint density at radius 2 is 1.89 bits per heavy atom. The van der Waals surface area contributed by atoms with Gasteiger partial charge in [-0.3, -0.25) is 4.79 Å². The lowest BCUT2D eigenvalue weighted by Crippen LogP contribution is -2.43. The quantitative estimate of drug-likeness (QED) is 0.789. The van der Waals surface area contributed by atoms with Crippen LogP contribution in [0.5, 0.6) is 0 Å². The van der Waals surface area contributed by atoms with E-state index in [-0.39, 0.29) is 17.9 Å². The van der Waals surface area contributed by atoms with Gasteiger partial charge >= 0.3 is 0 Å². The second-order valence-corrected chi connectivity index (χ2v) is 7.04. The van der Waals surface area contributed by atoms with Gasteiger partial charge in [0.25, 0.3) is 0 Å². The fourth-order valence-electron chi connectivity index (χ4n) is 2.87. The van der Waals surface area contributed by atoms with Gasteiger partial charge in [0.15, 0.2) is 0 Å². The first-order valence-electron chi connectivity index (χ1n) is 7.23. The molecule has 0 heterocycles. The molecule has 0 aromatic rings. The van der Waals surface area contributed by atoms with Crippen LogP contribution in [0.4, 0.5) is 0 Å². The summed E-state index contributed by atoms with van der Waals surface area (Å²) < 4.78 is 5.05. The zero-order valence-electron chi connectivity index (χ0n) is 12.7. The predicted octanol–water partition coefficient (Wildman–Crippen LogP) is 3.21. The van der Waals surface area contributed by atoms with Crippen molar-refractivity contribution in [2.24, 2.45) is 17.3 Å². The molecule has 1 amide bonds. The van der Waals surface area contributed by atoms with E-state index in [1.54, 1.807) is 7.11 Å². The van der Waals surface area contributed by atoms with Gasteiger partial charge in [0, 0.05) is 18.9 Å². The van der Waals surface area contributed by atoms with E-state index in [2.05, 4.69) is 26.1 Å². The minimum absolute atomic E-state index is 0.0699. The topological polar surface area (TPSA) is 38.3 Å². The van der Waals surface area contributed by atoms with Crippen molar-refractivity contribution in [1.29, 1.82) is 0 Å². The number of methoxy groups -OCH3 is 1. The molecule has 1 rings (SSSR count). The van der Waals surface area contributed by atoms with Crippen LogP contribution in [0.3, 0.4) is 0 Å². The Morgan fingerprint density at radius 1 is 1.32 bits per heavy atom. The monoisotopic (exact) mass is 289 g/mol. The van der Waals surface area contributed by atoms with Gasteiger partial charge in [0.2, 0.25) is 5.91 Å². The standard InChI is InChI=1S/C15H28ClNO2/c1-15(2,3)12-7-5-11(6-8-12)14(18)17-13(9-16)10-19-4/h11-13H,5-10H2,1-4H3,(H,17,18). The highest BCUT2D eigenvalue weighted by Gasteiger charge is 2.32. The maximum atomic E-state index is 12.2. The summed E-state index contributed by atoms with van der Waals surface area (Å²) >= 11 is 5.82. The van der Waals surface area contributed by atoms with Crippen LogP contribution in [0.1, 0.15) is 46.5 Å². The number of halogens is 1. The van der Waals surface area contributed by atoms with Crippen LogP contribution in [0.25, 0.3) is 0 Å². The van der Waals surface area contributed by atoms with Gasteiger partial charge in [-0.15, -0.1) is 11.6 Å². The lowest BCUT2D eigenvalue weighted by atomic mass is 9.69. The summed E-state index contributed by atoms with van der Waals surface area (Å²) in [5, 5.41) is 3.00. The molecule has 0 bridgehead atoms. The molecule has 0 spiro atoms. The van der Waals surface area contributed by atoms with Gasteiger partial charge in [-0.25, -0.2) is 0 Å². The number of carbonyl (C=O) groups is 1. The van der Waals surface area contributed by atoms with Crippen molar-refractivity contribution >= 4 is 17.5 Å². The first-order chi connectivity index (χ1) is 8.88. The third-order valence-electron chi connectivity index (χ3n) is 4.22. The van der Waals surface area contributed by atoms with Crippen LogP contribution in [0, 0.1) is 17.3 Å². The van der Waals surface area contributed by atoms with Gasteiger partial charge in [-0.1, -0.05) is 20.8 Å². The maximum Gasteiger partial charge on any atom is 0.223 e. The second-order valence-electron chi connectivity index (χ2n) is 6.73. The van der Waals surface area contributed by atoms with Crippen LogP contribution in [-0.2, 0) is 9.53 Å². The van der Waals surface area contributed by atoms with Crippen LogP contribution in [0.15, 0.2) is 0 Å². The maximum absolute atomic E-state index is 12.2. The Balaban J connectivity index is 2.40. The van der Waals surface area contributed by atoms with E-state index in [0.717, 1.165) is 31.6 Å². The second kappa shape index (κ2) is 7.49. The average Bonchev–Trinajstić information content (AvgIpc) is 2.37. The third-order valence-corrected chi connectivity index (χ3v) is 4.60. The summed E-state index contributed by atoms with van der Waals surface area (Å²) in [5.74, 6) is 1.44. The van der Waals surface area contributed by atoms with E-state index in [4.69, 9.17) is 16.3 Å². The molecule has 0 aromatic carbocycles. The number of hydrogen-bond donors (Lipinski definition) is 1. The molecule has 3 nitrogen and oxygen atoms in total. The molecule has 0 saturated heterocycles. The van der Waals surface area contributed by atoms with Gasteiger partial charge in [0.1, 0.15) is 0 Å². The van der Waals surface area contributed by atoms with E-state index < -0.39 is 0 Å². The first-order valence-corrected chi connectivity index (χ1v) is 7.77. The van der Waals surface area contributed by atoms with Gasteiger partial charge in [-0.2, -0.15) is 0 Å². The molecule has 1 aliphatic carbocycles. The molecule has 1 unspecified atom stereocenters. The number of hydrogen-bond acceptors (Lipinski definition) is 2. The van der Waals surface area contributed by atoms with Crippen molar-refractivity contribution in [3.8, 4) is 0 Å². The number of ether oxygens (including phenoxy) is 1. The van der Waals surface area contributed by atoms with Gasteiger partial charge in [0.05, 0.1) is 12.6 Å². The smallest absolute Gasteiger partial charge is 0.223 e. The molecule has 1 N–H and O–H groups in total. The van der Waals surface area contributed by atoms with E-state index in [9.17, 15) is 4.79 Å². The number of alkyl halides is 1. The number of rotatable bonds is 5. The molecular formula is C15H28ClNO2. The molecule has 0 radical (unpaired) electrons. The summed E-state index contributed by atoms with van der Waals surface area (Å²) in [4.78, 5) is 12.2. The van der Waals surface area contributed by atoms with Gasteiger partial charge in [-0.05, 0) is 37.0 Å². The highest BCUT2D eigenvalue weighted by atomic mass is 35.5. The summed E-state index contributed by atoms with van der Waals surface area (Å²) in [6, 6.07) is -0.0699. The van der Waals surface area contributed by atoms with Crippen molar-refractivity contribution < 1.29 is 9.53 Å². The summed E-state index contributed by atoms with van der Waals surface area (Å²) in [7, 11) is 1.63. The molecule has 1 aliphatic rings. The van der Waals surface area contributed by atoms with Crippen molar-refractivity contribution in [2.75, 3.05) is 19.6 Å². The Labute approximate surface area is 122 Å². The molecule has 0 aromatic heterocycles. The van der Waals surface area contributed by atoms with Crippen molar-refractivity contribution in [2.45, 2.75) is 52.5 Å². The van der Waals surface area contributed by atoms with Gasteiger partial charge < -0.3 is 10.1 Å². The Kier molecular flexibility index (Phi) is 6.61. The molecule has 1 atom stereocenters. The first kappa shape index (κ1) is 16.8. The number of nitrogens with one attached hydrogen (secondary N) is 1. The van der Waals surface area contributed by atoms with Crippen LogP contribution in [0.2, 0.25) is 0 Å². The van der Waals surface area contributed by atoms with E-state index >= 15 is 0 Å². The predicted molar refractivity (Wildman–Crippen MR) is 79.4 cm³/mol. The SMILES string of the molecule is COCC(CCl)NC(=O)C1CCC(C(C)(C)C)CC1. The molecule has 1 fully saturated rings.